The van der Waals surface area contributed by atoms with Gasteiger partial charge in [-0.2, -0.15) is 15.5 Å². The van der Waals surface area contributed by atoms with Gasteiger partial charge in [0, 0.05) is 11.9 Å². The molecule has 36 heavy (non-hydrogen) atoms. The summed E-state index contributed by atoms with van der Waals surface area (Å²) >= 11 is 0. The van der Waals surface area contributed by atoms with Gasteiger partial charge in [0.1, 0.15) is 11.5 Å². The molecule has 1 atom stereocenters. The second kappa shape index (κ2) is 10.6. The summed E-state index contributed by atoms with van der Waals surface area (Å²) in [4.78, 5) is 9.80. The first-order valence-corrected chi connectivity index (χ1v) is 10.9. The summed E-state index contributed by atoms with van der Waals surface area (Å²) in [6.45, 7) is 1.38. The number of rotatable bonds is 7. The predicted octanol–water partition coefficient (Wildman–Crippen LogP) is 5.43. The minimum absolute atomic E-state index is 0.128. The van der Waals surface area contributed by atoms with E-state index in [4.69, 9.17) is 10.5 Å². The molecular formula is C27H20F2N6O. The first-order chi connectivity index (χ1) is 17.4. The molecule has 0 aliphatic heterocycles. The third-order valence-corrected chi connectivity index (χ3v) is 5.27. The van der Waals surface area contributed by atoms with Crippen molar-refractivity contribution in [1.82, 2.24) is 9.97 Å². The second-order valence-corrected chi connectivity index (χ2v) is 7.99. The number of hydrogen-bond acceptors (Lipinski definition) is 7. The molecule has 0 saturated carbocycles. The van der Waals surface area contributed by atoms with Crippen LogP contribution in [0.5, 0.6) is 0 Å². The Morgan fingerprint density at radius 1 is 0.917 bits per heavy atom. The third-order valence-electron chi connectivity index (χ3n) is 5.27. The van der Waals surface area contributed by atoms with Crippen LogP contribution in [-0.4, -0.2) is 27.7 Å². The molecule has 1 aromatic heterocycles. The minimum Gasteiger partial charge on any atom is -0.392 e. The first kappa shape index (κ1) is 24.3. The van der Waals surface area contributed by atoms with Gasteiger partial charge in [0.05, 0.1) is 35.9 Å². The van der Waals surface area contributed by atoms with E-state index >= 15 is 8.78 Å². The van der Waals surface area contributed by atoms with Crippen molar-refractivity contribution in [2.75, 3.05) is 16.8 Å². The Hall–Kier alpha value is -4.86. The maximum Gasteiger partial charge on any atom is 0.229 e. The smallest absolute Gasteiger partial charge is 0.229 e. The number of anilines is 4. The van der Waals surface area contributed by atoms with Gasteiger partial charge in [-0.15, -0.1) is 0 Å². The fraction of sp³-hybridized carbons (Fsp3) is 0.111. The van der Waals surface area contributed by atoms with E-state index in [0.717, 1.165) is 0 Å². The standard InChI is InChI=1S/C27H20F2N6O/c1-17(36)16-35(25-10-11-32-27(34-25)33-22-8-4-19(15-31)5-9-22)26-23(28)12-21(13-24(26)29)20-6-2-18(14-30)3-7-20/h2-13,17,36H,16H2,1H3,(H,32,33,34). The summed E-state index contributed by atoms with van der Waals surface area (Å²) < 4.78 is 30.7. The molecule has 4 rings (SSSR count). The van der Waals surface area contributed by atoms with Gasteiger partial charge < -0.3 is 15.3 Å². The third kappa shape index (κ3) is 5.44. The lowest BCUT2D eigenvalue weighted by atomic mass is 10.0. The number of aliphatic hydroxyl groups excluding tert-OH is 1. The van der Waals surface area contributed by atoms with Gasteiger partial charge in [0.2, 0.25) is 5.95 Å². The van der Waals surface area contributed by atoms with Crippen LogP contribution in [-0.2, 0) is 0 Å². The Balaban J connectivity index is 1.69. The number of aromatic nitrogens is 2. The van der Waals surface area contributed by atoms with E-state index in [-0.39, 0.29) is 24.0 Å². The Morgan fingerprint density at radius 2 is 1.50 bits per heavy atom. The molecule has 3 aromatic carbocycles. The molecule has 1 unspecified atom stereocenters. The van der Waals surface area contributed by atoms with E-state index < -0.39 is 17.7 Å². The number of nitriles is 2. The van der Waals surface area contributed by atoms with Crippen LogP contribution in [0.1, 0.15) is 18.1 Å². The molecular weight excluding hydrogens is 462 g/mol. The second-order valence-electron chi connectivity index (χ2n) is 7.99. The highest BCUT2D eigenvalue weighted by Gasteiger charge is 2.23. The molecule has 1 heterocycles. The first-order valence-electron chi connectivity index (χ1n) is 10.9. The molecule has 0 radical (unpaired) electrons. The fourth-order valence-electron chi connectivity index (χ4n) is 3.61. The van der Waals surface area contributed by atoms with Gasteiger partial charge in [0.15, 0.2) is 11.6 Å². The monoisotopic (exact) mass is 482 g/mol. The predicted molar refractivity (Wildman–Crippen MR) is 132 cm³/mol. The average molecular weight is 482 g/mol. The van der Waals surface area contributed by atoms with Crippen LogP contribution in [0.25, 0.3) is 11.1 Å². The number of benzene rings is 3. The molecule has 2 N–H and O–H groups in total. The van der Waals surface area contributed by atoms with E-state index in [9.17, 15) is 5.11 Å². The van der Waals surface area contributed by atoms with E-state index in [1.165, 1.54) is 36.2 Å². The summed E-state index contributed by atoms with van der Waals surface area (Å²) in [6.07, 6.45) is 0.511. The van der Waals surface area contributed by atoms with Crippen LogP contribution in [0.3, 0.4) is 0 Å². The maximum absolute atomic E-state index is 15.3. The highest BCUT2D eigenvalue weighted by Crippen LogP contribution is 2.34. The number of halogens is 2. The maximum atomic E-state index is 15.3. The summed E-state index contributed by atoms with van der Waals surface area (Å²) in [6, 6.07) is 20.9. The summed E-state index contributed by atoms with van der Waals surface area (Å²) in [5.74, 6) is -1.33. The van der Waals surface area contributed by atoms with Gasteiger partial charge in [-0.25, -0.2) is 13.8 Å². The number of nitrogens with zero attached hydrogens (tertiary/aromatic N) is 5. The Labute approximate surface area is 206 Å². The van der Waals surface area contributed by atoms with E-state index in [0.29, 0.717) is 27.9 Å². The number of nitrogens with one attached hydrogen (secondary N) is 1. The van der Waals surface area contributed by atoms with Crippen molar-refractivity contribution < 1.29 is 13.9 Å². The Morgan fingerprint density at radius 3 is 2.06 bits per heavy atom. The van der Waals surface area contributed by atoms with Crippen molar-refractivity contribution in [1.29, 1.82) is 10.5 Å². The quantitative estimate of drug-likeness (QED) is 0.362. The molecule has 0 fully saturated rings. The Kier molecular flexibility index (Phi) is 7.15. The average Bonchev–Trinajstić information content (AvgIpc) is 2.88. The Bertz CT molecular complexity index is 1430. The highest BCUT2D eigenvalue weighted by molar-refractivity contribution is 5.71. The zero-order valence-electron chi connectivity index (χ0n) is 19.2. The summed E-state index contributed by atoms with van der Waals surface area (Å²) in [5.41, 5.74) is 2.05. The SMILES string of the molecule is CC(O)CN(c1ccnc(Nc2ccc(C#N)cc2)n1)c1c(F)cc(-c2ccc(C#N)cc2)cc1F. The van der Waals surface area contributed by atoms with Crippen molar-refractivity contribution in [2.24, 2.45) is 0 Å². The molecule has 0 saturated heterocycles. The van der Waals surface area contributed by atoms with Crippen molar-refractivity contribution in [3.8, 4) is 23.3 Å². The van der Waals surface area contributed by atoms with Gasteiger partial charge in [0.25, 0.3) is 0 Å². The van der Waals surface area contributed by atoms with Crippen LogP contribution < -0.4 is 10.2 Å². The fourth-order valence-corrected chi connectivity index (χ4v) is 3.61. The number of hydrogen-bond donors (Lipinski definition) is 2. The summed E-state index contributed by atoms with van der Waals surface area (Å²) in [5, 5.41) is 31.0. The normalized spacial score (nSPS) is 11.3. The van der Waals surface area contributed by atoms with Gasteiger partial charge in [-0.05, 0) is 72.6 Å². The largest absolute Gasteiger partial charge is 0.392 e. The molecule has 0 aliphatic carbocycles. The highest BCUT2D eigenvalue weighted by atomic mass is 19.1. The molecule has 0 amide bonds. The lowest BCUT2D eigenvalue weighted by Crippen LogP contribution is -2.29. The van der Waals surface area contributed by atoms with E-state index in [1.54, 1.807) is 48.5 Å². The van der Waals surface area contributed by atoms with Crippen LogP contribution >= 0.6 is 0 Å². The van der Waals surface area contributed by atoms with Crippen molar-refractivity contribution in [2.45, 2.75) is 13.0 Å². The summed E-state index contributed by atoms with van der Waals surface area (Å²) in [7, 11) is 0. The molecule has 4 aromatic rings. The van der Waals surface area contributed by atoms with Crippen LogP contribution in [0.15, 0.2) is 72.9 Å². The van der Waals surface area contributed by atoms with Gasteiger partial charge in [-0.3, -0.25) is 0 Å². The zero-order valence-corrected chi connectivity index (χ0v) is 19.2. The molecule has 7 nitrogen and oxygen atoms in total. The van der Waals surface area contributed by atoms with Crippen molar-refractivity contribution in [3.63, 3.8) is 0 Å². The van der Waals surface area contributed by atoms with Crippen LogP contribution in [0.2, 0.25) is 0 Å². The molecule has 0 aliphatic rings. The van der Waals surface area contributed by atoms with Crippen molar-refractivity contribution >= 4 is 23.1 Å². The minimum atomic E-state index is -0.924. The van der Waals surface area contributed by atoms with E-state index in [2.05, 4.69) is 15.3 Å². The number of aliphatic hydroxyl groups is 1. The van der Waals surface area contributed by atoms with Crippen LogP contribution in [0.4, 0.5) is 31.9 Å². The molecule has 0 bridgehead atoms. The lowest BCUT2D eigenvalue weighted by Gasteiger charge is -2.26. The molecule has 0 spiro atoms. The molecule has 9 heteroatoms. The topological polar surface area (TPSA) is 109 Å². The zero-order chi connectivity index (χ0) is 25.7. The lowest BCUT2D eigenvalue weighted by molar-refractivity contribution is 0.202. The van der Waals surface area contributed by atoms with E-state index in [1.807, 2.05) is 12.1 Å². The van der Waals surface area contributed by atoms with Gasteiger partial charge >= 0.3 is 0 Å². The van der Waals surface area contributed by atoms with Crippen molar-refractivity contribution in [3.05, 3.63) is 95.7 Å². The van der Waals surface area contributed by atoms with Crippen LogP contribution in [0, 0.1) is 34.3 Å². The van der Waals surface area contributed by atoms with Gasteiger partial charge in [-0.1, -0.05) is 12.1 Å². The molecule has 178 valence electrons.